The number of benzene rings is 3. The molecule has 7 heteroatoms. The van der Waals surface area contributed by atoms with Gasteiger partial charge in [0.05, 0.1) is 18.0 Å². The summed E-state index contributed by atoms with van der Waals surface area (Å²) >= 11 is 0. The van der Waals surface area contributed by atoms with Crippen molar-refractivity contribution in [1.29, 1.82) is 0 Å². The molecule has 36 heavy (non-hydrogen) atoms. The number of nitrogens with two attached hydrogens (primary N) is 1. The van der Waals surface area contributed by atoms with Gasteiger partial charge >= 0.3 is 12.1 Å². The fourth-order valence-corrected chi connectivity index (χ4v) is 2.87. The molecule has 0 fully saturated rings. The maximum absolute atomic E-state index is 12.8. The number of para-hydroxylation sites is 2. The molecular weight excluding hydrogens is 456 g/mol. The van der Waals surface area contributed by atoms with Crippen molar-refractivity contribution in [2.75, 3.05) is 18.1 Å². The summed E-state index contributed by atoms with van der Waals surface area (Å²) in [5.41, 5.74) is 7.68. The van der Waals surface area contributed by atoms with Crippen LogP contribution in [0, 0.1) is 0 Å². The maximum atomic E-state index is 12.8. The van der Waals surface area contributed by atoms with Gasteiger partial charge in [0.1, 0.15) is 5.75 Å². The second-order valence-corrected chi connectivity index (χ2v) is 8.93. The smallest absolute Gasteiger partial charge is 0.418 e. The van der Waals surface area contributed by atoms with E-state index in [1.165, 1.54) is 4.90 Å². The lowest BCUT2D eigenvalue weighted by Gasteiger charge is -2.22. The molecule has 0 aliphatic rings. The fraction of sp³-hybridized carbons (Fsp3) is 0.241. The summed E-state index contributed by atoms with van der Waals surface area (Å²) in [6.45, 7) is 5.73. The number of anilines is 2. The minimum Gasteiger partial charge on any atom is -0.482 e. The molecule has 0 saturated carbocycles. The zero-order valence-electron chi connectivity index (χ0n) is 21.0. The number of hydrogen-bond acceptors (Lipinski definition) is 5. The number of aliphatic carboxylic acids is 1. The van der Waals surface area contributed by atoms with Gasteiger partial charge in [0.2, 0.25) is 0 Å². The second-order valence-electron chi connectivity index (χ2n) is 8.93. The van der Waals surface area contributed by atoms with Crippen molar-refractivity contribution in [1.82, 2.24) is 0 Å². The Labute approximate surface area is 212 Å². The first-order valence-corrected chi connectivity index (χ1v) is 11.6. The Balaban J connectivity index is 0.000000830. The van der Waals surface area contributed by atoms with Crippen LogP contribution in [-0.4, -0.2) is 35.9 Å². The van der Waals surface area contributed by atoms with E-state index in [0.29, 0.717) is 12.2 Å². The molecule has 0 bridgehead atoms. The van der Waals surface area contributed by atoms with Gasteiger partial charge in [-0.1, -0.05) is 60.7 Å². The van der Waals surface area contributed by atoms with E-state index >= 15 is 0 Å². The fourth-order valence-electron chi connectivity index (χ4n) is 2.87. The molecular formula is C29H34N2O5. The third kappa shape index (κ3) is 11.4. The van der Waals surface area contributed by atoms with Crippen LogP contribution in [0.2, 0.25) is 0 Å². The van der Waals surface area contributed by atoms with Crippen molar-refractivity contribution in [2.24, 2.45) is 5.73 Å². The first-order valence-electron chi connectivity index (χ1n) is 11.6. The summed E-state index contributed by atoms with van der Waals surface area (Å²) in [6.07, 6.45) is 3.84. The maximum Gasteiger partial charge on any atom is 0.418 e. The molecule has 3 rings (SSSR count). The van der Waals surface area contributed by atoms with E-state index in [9.17, 15) is 9.59 Å². The molecule has 0 spiro atoms. The summed E-state index contributed by atoms with van der Waals surface area (Å²) in [5, 5.41) is 8.69. The Morgan fingerprint density at radius 3 is 2.00 bits per heavy atom. The number of carbonyl (C=O) groups excluding carboxylic acids is 1. The van der Waals surface area contributed by atoms with Crippen molar-refractivity contribution >= 4 is 29.5 Å². The highest BCUT2D eigenvalue weighted by molar-refractivity contribution is 5.95. The van der Waals surface area contributed by atoms with Crippen LogP contribution in [0.1, 0.15) is 32.8 Å². The molecule has 1 amide bonds. The van der Waals surface area contributed by atoms with Crippen LogP contribution in [0.3, 0.4) is 0 Å². The lowest BCUT2D eigenvalue weighted by Crippen LogP contribution is -2.27. The quantitative estimate of drug-likeness (QED) is 0.343. The van der Waals surface area contributed by atoms with Gasteiger partial charge in [0.25, 0.3) is 0 Å². The first-order chi connectivity index (χ1) is 17.1. The third-order valence-corrected chi connectivity index (χ3v) is 4.25. The highest BCUT2D eigenvalue weighted by Gasteiger charge is 2.18. The summed E-state index contributed by atoms with van der Waals surface area (Å²) in [6, 6.07) is 25.8. The van der Waals surface area contributed by atoms with Gasteiger partial charge in [0.15, 0.2) is 6.61 Å². The van der Waals surface area contributed by atoms with Crippen molar-refractivity contribution in [3.05, 3.63) is 96.6 Å². The lowest BCUT2D eigenvalue weighted by atomic mass is 10.1. The van der Waals surface area contributed by atoms with Gasteiger partial charge < -0.3 is 20.3 Å². The van der Waals surface area contributed by atoms with Crippen LogP contribution in [0.4, 0.5) is 16.2 Å². The average Bonchev–Trinajstić information content (AvgIpc) is 2.83. The lowest BCUT2D eigenvalue weighted by molar-refractivity contribution is -0.139. The van der Waals surface area contributed by atoms with E-state index < -0.39 is 12.1 Å². The molecule has 0 aliphatic heterocycles. The number of carboxylic acids is 1. The largest absolute Gasteiger partial charge is 0.482 e. The predicted molar refractivity (Wildman–Crippen MR) is 144 cm³/mol. The van der Waals surface area contributed by atoms with E-state index in [4.69, 9.17) is 20.3 Å². The Morgan fingerprint density at radius 1 is 0.917 bits per heavy atom. The summed E-state index contributed by atoms with van der Waals surface area (Å²) in [4.78, 5) is 24.9. The summed E-state index contributed by atoms with van der Waals surface area (Å²) in [5.74, 6) is -0.542. The zero-order valence-corrected chi connectivity index (χ0v) is 21.0. The molecule has 7 nitrogen and oxygen atoms in total. The molecule has 0 atom stereocenters. The highest BCUT2D eigenvalue weighted by Crippen LogP contribution is 2.25. The van der Waals surface area contributed by atoms with Crippen molar-refractivity contribution < 1.29 is 24.2 Å². The molecule has 0 radical (unpaired) electrons. The highest BCUT2D eigenvalue weighted by atomic mass is 16.6. The van der Waals surface area contributed by atoms with E-state index in [0.717, 1.165) is 16.9 Å². The van der Waals surface area contributed by atoms with Gasteiger partial charge in [-0.25, -0.2) is 14.5 Å². The van der Waals surface area contributed by atoms with E-state index in [1.54, 1.807) is 18.2 Å². The molecule has 0 unspecified atom stereocenters. The van der Waals surface area contributed by atoms with Crippen molar-refractivity contribution in [3.8, 4) is 5.75 Å². The number of rotatable bonds is 9. The summed E-state index contributed by atoms with van der Waals surface area (Å²) < 4.78 is 10.7. The SMILES string of the molecule is CC(C)(C)N.O=C(O)COc1cccc(/C=C/CCOC(=O)N(c2ccccc2)c2ccccc2)c1. The van der Waals surface area contributed by atoms with Crippen LogP contribution in [0.5, 0.6) is 5.75 Å². The topological polar surface area (TPSA) is 102 Å². The Kier molecular flexibility index (Phi) is 11.2. The van der Waals surface area contributed by atoms with Gasteiger partial charge in [-0.2, -0.15) is 0 Å². The van der Waals surface area contributed by atoms with Crippen molar-refractivity contribution in [3.63, 3.8) is 0 Å². The van der Waals surface area contributed by atoms with Crippen LogP contribution in [0.25, 0.3) is 6.08 Å². The van der Waals surface area contributed by atoms with Gasteiger partial charge in [-0.15, -0.1) is 0 Å². The molecule has 0 aromatic heterocycles. The van der Waals surface area contributed by atoms with Crippen molar-refractivity contribution in [2.45, 2.75) is 32.7 Å². The molecule has 0 aliphatic carbocycles. The Bertz CT molecular complexity index is 1060. The second kappa shape index (κ2) is 14.3. The first kappa shape index (κ1) is 28.1. The third-order valence-electron chi connectivity index (χ3n) is 4.25. The van der Waals surface area contributed by atoms with Crippen LogP contribution in [0.15, 0.2) is 91.0 Å². The van der Waals surface area contributed by atoms with E-state index in [2.05, 4.69) is 0 Å². The van der Waals surface area contributed by atoms with Crippen LogP contribution in [-0.2, 0) is 9.53 Å². The average molecular weight is 491 g/mol. The molecule has 3 aromatic carbocycles. The summed E-state index contributed by atoms with van der Waals surface area (Å²) in [7, 11) is 0. The normalized spacial score (nSPS) is 10.8. The van der Waals surface area contributed by atoms with Crippen LogP contribution < -0.4 is 15.4 Å². The number of carboxylic acid groups (broad SMARTS) is 1. The number of carbonyl (C=O) groups is 2. The Morgan fingerprint density at radius 2 is 1.47 bits per heavy atom. The van der Waals surface area contributed by atoms with Crippen LogP contribution >= 0.6 is 0 Å². The molecule has 190 valence electrons. The molecule has 3 aromatic rings. The standard InChI is InChI=1S/C25H23NO5.C4H11N/c27-24(28)19-31-23-16-9-11-20(18-23)10-7-8-17-30-25(29)26(21-12-3-1-4-13-21)22-14-5-2-6-15-22;1-4(2,3)5/h1-7,9-16,18H,8,17,19H2,(H,27,28);5H2,1-3H3/b10-7+;. The monoisotopic (exact) mass is 490 g/mol. The van der Waals surface area contributed by atoms with Gasteiger partial charge in [0, 0.05) is 5.54 Å². The minimum atomic E-state index is -1.03. The number of nitrogens with zero attached hydrogens (tertiary/aromatic N) is 1. The number of ether oxygens (including phenoxy) is 2. The van der Waals surface area contributed by atoms with Gasteiger partial charge in [-0.05, 0) is 69.2 Å². The molecule has 0 heterocycles. The van der Waals surface area contributed by atoms with E-state index in [-0.39, 0.29) is 18.8 Å². The van der Waals surface area contributed by atoms with E-state index in [1.807, 2.05) is 99.7 Å². The molecule has 0 saturated heterocycles. The number of amides is 1. The zero-order chi connectivity index (χ0) is 26.4. The minimum absolute atomic E-state index is 0. The van der Waals surface area contributed by atoms with Gasteiger partial charge in [-0.3, -0.25) is 0 Å². The molecule has 3 N–H and O–H groups in total. The predicted octanol–water partition coefficient (Wildman–Crippen LogP) is 6.27. The number of hydrogen-bond donors (Lipinski definition) is 2. The Hall–Kier alpha value is -4.10.